The van der Waals surface area contributed by atoms with Gasteiger partial charge in [-0.1, -0.05) is 12.1 Å². The van der Waals surface area contributed by atoms with Crippen molar-refractivity contribution in [1.29, 1.82) is 0 Å². The van der Waals surface area contributed by atoms with Crippen LogP contribution in [0.3, 0.4) is 0 Å². The van der Waals surface area contributed by atoms with Crippen molar-refractivity contribution < 1.29 is 44.5 Å². The molecule has 1 aliphatic heterocycles. The van der Waals surface area contributed by atoms with Crippen LogP contribution < -0.4 is 9.47 Å². The second-order valence-electron chi connectivity index (χ2n) is 6.15. The summed E-state index contributed by atoms with van der Waals surface area (Å²) >= 11 is 0. The lowest BCUT2D eigenvalue weighted by Crippen LogP contribution is -2.60. The second-order valence-corrected chi connectivity index (χ2v) is 6.15. The van der Waals surface area contributed by atoms with Gasteiger partial charge in [-0.3, -0.25) is 0 Å². The molecule has 5 atom stereocenters. The zero-order chi connectivity index (χ0) is 19.7. The third kappa shape index (κ3) is 3.55. The van der Waals surface area contributed by atoms with Gasteiger partial charge in [0.2, 0.25) is 6.29 Å². The lowest BCUT2D eigenvalue weighted by Gasteiger charge is -2.39. The summed E-state index contributed by atoms with van der Waals surface area (Å²) in [7, 11) is 1.38. The minimum Gasteiger partial charge on any atom is -0.496 e. The number of hydrogen-bond donors (Lipinski definition) is 5. The van der Waals surface area contributed by atoms with Gasteiger partial charge >= 0.3 is 5.97 Å². The maximum absolute atomic E-state index is 11.3. The van der Waals surface area contributed by atoms with E-state index in [4.69, 9.17) is 14.2 Å². The first-order valence-electron chi connectivity index (χ1n) is 8.18. The number of carboxylic acids is 1. The minimum atomic E-state index is -1.57. The van der Waals surface area contributed by atoms with E-state index in [0.717, 1.165) is 0 Å². The van der Waals surface area contributed by atoms with Gasteiger partial charge in [0.05, 0.1) is 24.7 Å². The van der Waals surface area contributed by atoms with Crippen molar-refractivity contribution in [3.8, 4) is 11.5 Å². The molecule has 0 bridgehead atoms. The highest BCUT2D eigenvalue weighted by atomic mass is 16.7. The molecule has 0 radical (unpaired) electrons. The monoisotopic (exact) mass is 380 g/mol. The van der Waals surface area contributed by atoms with Gasteiger partial charge in [0.25, 0.3) is 0 Å². The molecule has 0 spiro atoms. The first-order chi connectivity index (χ1) is 12.9. The average molecular weight is 380 g/mol. The normalized spacial score (nSPS) is 28.1. The van der Waals surface area contributed by atoms with E-state index >= 15 is 0 Å². The zero-order valence-electron chi connectivity index (χ0n) is 14.3. The molecule has 2 aromatic carbocycles. The Labute approximate surface area is 154 Å². The van der Waals surface area contributed by atoms with Crippen molar-refractivity contribution in [1.82, 2.24) is 0 Å². The third-order valence-corrected chi connectivity index (χ3v) is 4.46. The first kappa shape index (κ1) is 19.3. The average Bonchev–Trinajstić information content (AvgIpc) is 2.67. The van der Waals surface area contributed by atoms with E-state index < -0.39 is 43.3 Å². The Bertz CT molecular complexity index is 835. The van der Waals surface area contributed by atoms with E-state index in [1.165, 1.54) is 19.2 Å². The van der Waals surface area contributed by atoms with Crippen molar-refractivity contribution in [2.45, 2.75) is 30.7 Å². The summed E-state index contributed by atoms with van der Waals surface area (Å²) in [5.41, 5.74) is 0.0318. The molecule has 1 aliphatic rings. The summed E-state index contributed by atoms with van der Waals surface area (Å²) < 4.78 is 16.3. The van der Waals surface area contributed by atoms with Crippen LogP contribution in [0.1, 0.15) is 10.4 Å². The summed E-state index contributed by atoms with van der Waals surface area (Å²) in [6.45, 7) is -0.578. The predicted molar refractivity (Wildman–Crippen MR) is 91.9 cm³/mol. The molecule has 0 unspecified atom stereocenters. The molecule has 5 N–H and O–H groups in total. The fourth-order valence-electron chi connectivity index (χ4n) is 3.03. The van der Waals surface area contributed by atoms with Gasteiger partial charge in [-0.2, -0.15) is 0 Å². The summed E-state index contributed by atoms with van der Waals surface area (Å²) in [5.74, 6) is -0.661. The number of carbonyl (C=O) groups is 1. The lowest BCUT2D eigenvalue weighted by atomic mass is 9.99. The van der Waals surface area contributed by atoms with Gasteiger partial charge in [-0.15, -0.1) is 0 Å². The number of aromatic carboxylic acids is 1. The maximum atomic E-state index is 11.3. The van der Waals surface area contributed by atoms with Crippen molar-refractivity contribution in [2.75, 3.05) is 13.7 Å². The highest BCUT2D eigenvalue weighted by Crippen LogP contribution is 2.37. The van der Waals surface area contributed by atoms with Crippen molar-refractivity contribution in [2.24, 2.45) is 0 Å². The molecule has 1 saturated heterocycles. The number of aliphatic hydroxyl groups excluding tert-OH is 4. The van der Waals surface area contributed by atoms with Gasteiger partial charge in [-0.25, -0.2) is 4.79 Å². The molecule has 0 aliphatic carbocycles. The van der Waals surface area contributed by atoms with Crippen LogP contribution in [0.2, 0.25) is 0 Å². The number of hydrogen-bond acceptors (Lipinski definition) is 8. The second kappa shape index (κ2) is 7.67. The number of fused-ring (bicyclic) bond motifs is 1. The summed E-state index contributed by atoms with van der Waals surface area (Å²) in [4.78, 5) is 11.3. The van der Waals surface area contributed by atoms with Crippen LogP contribution in [0, 0.1) is 0 Å². The van der Waals surface area contributed by atoms with Crippen molar-refractivity contribution >= 4 is 16.7 Å². The van der Waals surface area contributed by atoms with Gasteiger partial charge < -0.3 is 39.7 Å². The number of benzene rings is 2. The standard InChI is InChI=1S/C18H20O9/c1-25-11-6-9(17(23)24)5-8-3-2-4-10(13(8)11)26-18-16(22)15(21)14(20)12(7-19)27-18/h2-6,12,14-16,18-22H,7H2,1H3,(H,23,24)/t12-,14-,15+,16-,18-/m0/s1. The topological polar surface area (TPSA) is 146 Å². The molecule has 0 aromatic heterocycles. The smallest absolute Gasteiger partial charge is 0.335 e. The van der Waals surface area contributed by atoms with Crippen LogP contribution in [0.4, 0.5) is 0 Å². The maximum Gasteiger partial charge on any atom is 0.335 e. The summed E-state index contributed by atoms with van der Waals surface area (Å²) in [6, 6.07) is 7.63. The molecular weight excluding hydrogens is 360 g/mol. The Balaban J connectivity index is 2.01. The number of rotatable bonds is 5. The van der Waals surface area contributed by atoms with Gasteiger partial charge in [0.1, 0.15) is 35.9 Å². The molecule has 2 aromatic rings. The van der Waals surface area contributed by atoms with Crippen molar-refractivity contribution in [3.05, 3.63) is 35.9 Å². The Morgan fingerprint density at radius 1 is 1.11 bits per heavy atom. The van der Waals surface area contributed by atoms with Gasteiger partial charge in [0.15, 0.2) is 0 Å². The van der Waals surface area contributed by atoms with Crippen LogP contribution in [0.15, 0.2) is 30.3 Å². The van der Waals surface area contributed by atoms with E-state index in [1.54, 1.807) is 18.2 Å². The molecular formula is C18H20O9. The summed E-state index contributed by atoms with van der Waals surface area (Å²) in [5, 5.41) is 49.4. The molecule has 9 heteroatoms. The van der Waals surface area contributed by atoms with Crippen molar-refractivity contribution in [3.63, 3.8) is 0 Å². The fraction of sp³-hybridized carbons (Fsp3) is 0.389. The Morgan fingerprint density at radius 3 is 2.48 bits per heavy atom. The molecule has 9 nitrogen and oxygen atoms in total. The highest BCUT2D eigenvalue weighted by molar-refractivity contribution is 6.00. The van der Waals surface area contributed by atoms with Crippen LogP contribution >= 0.6 is 0 Å². The van der Waals surface area contributed by atoms with Gasteiger partial charge in [-0.05, 0) is 23.6 Å². The third-order valence-electron chi connectivity index (χ3n) is 4.46. The minimum absolute atomic E-state index is 0.0318. The van der Waals surface area contributed by atoms with E-state index in [0.29, 0.717) is 10.8 Å². The molecule has 146 valence electrons. The van der Waals surface area contributed by atoms with E-state index in [2.05, 4.69) is 0 Å². The van der Waals surface area contributed by atoms with E-state index in [9.17, 15) is 30.3 Å². The largest absolute Gasteiger partial charge is 0.496 e. The fourth-order valence-corrected chi connectivity index (χ4v) is 3.03. The molecule has 3 rings (SSSR count). The van der Waals surface area contributed by atoms with Crippen LogP contribution in [-0.4, -0.2) is 75.9 Å². The molecule has 0 saturated carbocycles. The molecule has 1 heterocycles. The number of carboxylic acid groups (broad SMARTS) is 1. The number of ether oxygens (including phenoxy) is 3. The SMILES string of the molecule is COc1cc(C(=O)O)cc2cccc(O[C@H]3O[C@@H](CO)[C@H](O)[C@@H](O)[C@@H]3O)c12. The summed E-state index contributed by atoms with van der Waals surface area (Å²) in [6.07, 6.45) is -7.11. The van der Waals surface area contributed by atoms with Crippen LogP contribution in [-0.2, 0) is 4.74 Å². The lowest BCUT2D eigenvalue weighted by molar-refractivity contribution is -0.277. The molecule has 1 fully saturated rings. The van der Waals surface area contributed by atoms with Gasteiger partial charge in [0, 0.05) is 0 Å². The number of methoxy groups -OCH3 is 1. The first-order valence-corrected chi connectivity index (χ1v) is 8.18. The Morgan fingerprint density at radius 2 is 1.85 bits per heavy atom. The Kier molecular flexibility index (Phi) is 5.49. The predicted octanol–water partition coefficient (Wildman–Crippen LogP) is -0.275. The highest BCUT2D eigenvalue weighted by Gasteiger charge is 2.44. The molecule has 0 amide bonds. The Hall–Kier alpha value is -2.43. The molecule has 27 heavy (non-hydrogen) atoms. The quantitative estimate of drug-likeness (QED) is 0.473. The van der Waals surface area contributed by atoms with E-state index in [-0.39, 0.29) is 17.1 Å². The van der Waals surface area contributed by atoms with E-state index in [1.807, 2.05) is 0 Å². The van der Waals surface area contributed by atoms with Crippen LogP contribution in [0.5, 0.6) is 11.5 Å². The van der Waals surface area contributed by atoms with Crippen LogP contribution in [0.25, 0.3) is 10.8 Å². The number of aliphatic hydroxyl groups is 4. The zero-order valence-corrected chi connectivity index (χ0v) is 14.3.